The van der Waals surface area contributed by atoms with Crippen LogP contribution in [0.1, 0.15) is 28.5 Å². The fraction of sp³-hybridized carbons (Fsp3) is 0.211. The molecule has 0 saturated carbocycles. The molecule has 0 bridgehead atoms. The minimum Gasteiger partial charge on any atom is -0.461 e. The van der Waals surface area contributed by atoms with Gasteiger partial charge in [-0.1, -0.05) is 30.3 Å². The molecule has 2 aromatic carbocycles. The second kappa shape index (κ2) is 6.63. The van der Waals surface area contributed by atoms with Crippen LogP contribution < -0.4 is 0 Å². The van der Waals surface area contributed by atoms with E-state index in [1.54, 1.807) is 17.6 Å². The van der Waals surface area contributed by atoms with Crippen LogP contribution in [0.3, 0.4) is 0 Å². The van der Waals surface area contributed by atoms with E-state index in [2.05, 4.69) is 0 Å². The highest BCUT2D eigenvalue weighted by Gasteiger charge is 2.30. The van der Waals surface area contributed by atoms with E-state index in [9.17, 15) is 18.0 Å². The maximum Gasteiger partial charge on any atom is 0.416 e. The lowest BCUT2D eigenvalue weighted by Crippen LogP contribution is -2.13. The van der Waals surface area contributed by atoms with E-state index in [1.807, 2.05) is 24.3 Å². The van der Waals surface area contributed by atoms with E-state index in [-0.39, 0.29) is 13.2 Å². The van der Waals surface area contributed by atoms with Gasteiger partial charge in [0.2, 0.25) is 0 Å². The summed E-state index contributed by atoms with van der Waals surface area (Å²) in [4.78, 5) is 12.2. The average molecular weight is 347 g/mol. The molecular formula is C19H16F3NO2. The van der Waals surface area contributed by atoms with Crippen LogP contribution in [0.15, 0.2) is 54.6 Å². The Morgan fingerprint density at radius 2 is 1.76 bits per heavy atom. The molecule has 0 radical (unpaired) electrons. The van der Waals surface area contributed by atoms with Gasteiger partial charge in [-0.2, -0.15) is 13.2 Å². The summed E-state index contributed by atoms with van der Waals surface area (Å²) in [6.07, 6.45) is -4.37. The number of ether oxygens (including phenoxy) is 1. The molecule has 3 rings (SSSR count). The van der Waals surface area contributed by atoms with Crippen LogP contribution in [-0.2, 0) is 17.5 Å². The summed E-state index contributed by atoms with van der Waals surface area (Å²) >= 11 is 0. The van der Waals surface area contributed by atoms with E-state index in [0.717, 1.165) is 23.0 Å². The molecule has 0 spiro atoms. The van der Waals surface area contributed by atoms with Crippen molar-refractivity contribution in [2.24, 2.45) is 0 Å². The summed E-state index contributed by atoms with van der Waals surface area (Å²) in [6, 6.07) is 14.1. The number of para-hydroxylation sites is 1. The SMILES string of the molecule is CCOC(=O)c1cc2ccccc2n1Cc1ccc(C(F)(F)F)cc1. The van der Waals surface area contributed by atoms with Gasteiger partial charge in [-0.3, -0.25) is 0 Å². The number of esters is 1. The topological polar surface area (TPSA) is 31.2 Å². The molecule has 0 amide bonds. The number of aromatic nitrogens is 1. The predicted molar refractivity (Wildman–Crippen MR) is 88.4 cm³/mol. The zero-order chi connectivity index (χ0) is 18.0. The number of fused-ring (bicyclic) bond motifs is 1. The van der Waals surface area contributed by atoms with Crippen molar-refractivity contribution in [3.8, 4) is 0 Å². The third kappa shape index (κ3) is 3.52. The Kier molecular flexibility index (Phi) is 4.53. The van der Waals surface area contributed by atoms with E-state index in [4.69, 9.17) is 4.74 Å². The number of carbonyl (C=O) groups is 1. The number of benzene rings is 2. The van der Waals surface area contributed by atoms with Crippen molar-refractivity contribution in [1.29, 1.82) is 0 Å². The van der Waals surface area contributed by atoms with Crippen LogP contribution >= 0.6 is 0 Å². The van der Waals surface area contributed by atoms with Crippen LogP contribution in [0.4, 0.5) is 13.2 Å². The molecule has 0 aliphatic heterocycles. The lowest BCUT2D eigenvalue weighted by molar-refractivity contribution is -0.137. The largest absolute Gasteiger partial charge is 0.461 e. The number of carbonyl (C=O) groups excluding carboxylic acids is 1. The van der Waals surface area contributed by atoms with Gasteiger partial charge in [-0.25, -0.2) is 4.79 Å². The molecule has 1 heterocycles. The van der Waals surface area contributed by atoms with Crippen LogP contribution in [0.25, 0.3) is 10.9 Å². The number of halogens is 3. The van der Waals surface area contributed by atoms with Crippen molar-refractivity contribution in [3.05, 3.63) is 71.4 Å². The van der Waals surface area contributed by atoms with E-state index in [1.165, 1.54) is 12.1 Å². The first kappa shape index (κ1) is 17.1. The Hall–Kier alpha value is -2.76. The smallest absolute Gasteiger partial charge is 0.416 e. The van der Waals surface area contributed by atoms with Gasteiger partial charge in [0.1, 0.15) is 5.69 Å². The maximum atomic E-state index is 12.7. The van der Waals surface area contributed by atoms with Crippen molar-refractivity contribution in [2.45, 2.75) is 19.6 Å². The van der Waals surface area contributed by atoms with Crippen molar-refractivity contribution in [2.75, 3.05) is 6.61 Å². The van der Waals surface area contributed by atoms with E-state index < -0.39 is 17.7 Å². The fourth-order valence-corrected chi connectivity index (χ4v) is 2.74. The second-order valence-electron chi connectivity index (χ2n) is 5.59. The molecule has 130 valence electrons. The molecule has 0 N–H and O–H groups in total. The Bertz CT molecular complexity index is 895. The summed E-state index contributed by atoms with van der Waals surface area (Å²) in [5.41, 5.74) is 1.17. The molecule has 6 heteroatoms. The molecule has 1 aromatic heterocycles. The van der Waals surface area contributed by atoms with E-state index >= 15 is 0 Å². The molecule has 25 heavy (non-hydrogen) atoms. The van der Waals surface area contributed by atoms with Gasteiger partial charge in [0.25, 0.3) is 0 Å². The molecule has 3 nitrogen and oxygen atoms in total. The third-order valence-electron chi connectivity index (χ3n) is 3.92. The van der Waals surface area contributed by atoms with Crippen LogP contribution in [-0.4, -0.2) is 17.1 Å². The summed E-state index contributed by atoms with van der Waals surface area (Å²) in [6.45, 7) is 2.25. The maximum absolute atomic E-state index is 12.7. The molecule has 0 atom stereocenters. The minimum absolute atomic E-state index is 0.251. The molecule has 0 unspecified atom stereocenters. The third-order valence-corrected chi connectivity index (χ3v) is 3.92. The van der Waals surface area contributed by atoms with Crippen molar-refractivity contribution in [1.82, 2.24) is 4.57 Å². The lowest BCUT2D eigenvalue weighted by Gasteiger charge is -2.12. The number of alkyl halides is 3. The Morgan fingerprint density at radius 3 is 2.40 bits per heavy atom. The highest BCUT2D eigenvalue weighted by Crippen LogP contribution is 2.29. The fourth-order valence-electron chi connectivity index (χ4n) is 2.74. The van der Waals surface area contributed by atoms with Crippen molar-refractivity contribution < 1.29 is 22.7 Å². The number of hydrogen-bond acceptors (Lipinski definition) is 2. The number of nitrogens with zero attached hydrogens (tertiary/aromatic N) is 1. The van der Waals surface area contributed by atoms with Gasteiger partial charge >= 0.3 is 12.1 Å². The average Bonchev–Trinajstić information content (AvgIpc) is 2.94. The second-order valence-corrected chi connectivity index (χ2v) is 5.59. The standard InChI is InChI=1S/C19H16F3NO2/c1-2-25-18(24)17-11-14-5-3-4-6-16(14)23(17)12-13-7-9-15(10-8-13)19(20,21)22/h3-11H,2,12H2,1H3. The lowest BCUT2D eigenvalue weighted by atomic mass is 10.1. The molecule has 3 aromatic rings. The molecular weight excluding hydrogens is 331 g/mol. The molecule has 0 saturated heterocycles. The molecule has 0 aliphatic carbocycles. The number of rotatable bonds is 4. The monoisotopic (exact) mass is 347 g/mol. The van der Waals surface area contributed by atoms with Gasteiger partial charge in [-0.15, -0.1) is 0 Å². The van der Waals surface area contributed by atoms with Crippen LogP contribution in [0.5, 0.6) is 0 Å². The van der Waals surface area contributed by atoms with Gasteiger partial charge < -0.3 is 9.30 Å². The predicted octanol–water partition coefficient (Wildman–Crippen LogP) is 4.89. The minimum atomic E-state index is -4.37. The summed E-state index contributed by atoms with van der Waals surface area (Å²) in [5, 5.41) is 0.873. The van der Waals surface area contributed by atoms with E-state index in [0.29, 0.717) is 11.3 Å². The number of hydrogen-bond donors (Lipinski definition) is 0. The van der Waals surface area contributed by atoms with Gasteiger partial charge in [0, 0.05) is 17.4 Å². The van der Waals surface area contributed by atoms with Crippen molar-refractivity contribution >= 4 is 16.9 Å². The summed E-state index contributed by atoms with van der Waals surface area (Å²) in [5.74, 6) is -0.453. The quantitative estimate of drug-likeness (QED) is 0.630. The molecule has 0 aliphatic rings. The highest BCUT2D eigenvalue weighted by molar-refractivity contribution is 5.95. The van der Waals surface area contributed by atoms with Crippen LogP contribution in [0, 0.1) is 0 Å². The van der Waals surface area contributed by atoms with Gasteiger partial charge in [-0.05, 0) is 36.8 Å². The first-order valence-corrected chi connectivity index (χ1v) is 7.81. The summed E-state index contributed by atoms with van der Waals surface area (Å²) < 4.78 is 44.9. The highest BCUT2D eigenvalue weighted by atomic mass is 19.4. The Morgan fingerprint density at radius 1 is 1.08 bits per heavy atom. The Labute approximate surface area is 142 Å². The zero-order valence-electron chi connectivity index (χ0n) is 13.5. The zero-order valence-corrected chi connectivity index (χ0v) is 13.5. The Balaban J connectivity index is 2.00. The van der Waals surface area contributed by atoms with Gasteiger partial charge in [0.05, 0.1) is 12.2 Å². The normalized spacial score (nSPS) is 11.7. The van der Waals surface area contributed by atoms with Crippen molar-refractivity contribution in [3.63, 3.8) is 0 Å². The van der Waals surface area contributed by atoms with Crippen LogP contribution in [0.2, 0.25) is 0 Å². The first-order valence-electron chi connectivity index (χ1n) is 7.81. The van der Waals surface area contributed by atoms with Gasteiger partial charge in [0.15, 0.2) is 0 Å². The molecule has 0 fully saturated rings. The summed E-state index contributed by atoms with van der Waals surface area (Å²) in [7, 11) is 0. The first-order chi connectivity index (χ1) is 11.9.